The van der Waals surface area contributed by atoms with Crippen LogP contribution in [-0.4, -0.2) is 92.7 Å². The molecule has 42 heavy (non-hydrogen) atoms. The van der Waals surface area contributed by atoms with E-state index in [2.05, 4.69) is 92.6 Å². The van der Waals surface area contributed by atoms with Crippen molar-refractivity contribution in [3.05, 3.63) is 83.4 Å². The van der Waals surface area contributed by atoms with E-state index < -0.39 is 5.97 Å². The van der Waals surface area contributed by atoms with Crippen LogP contribution in [0, 0.1) is 6.92 Å². The largest absolute Gasteiger partial charge is 0.481 e. The van der Waals surface area contributed by atoms with Crippen molar-refractivity contribution >= 4 is 23.3 Å². The second-order valence-corrected chi connectivity index (χ2v) is 11.6. The molecule has 0 unspecified atom stereocenters. The number of anilines is 2. The van der Waals surface area contributed by atoms with Crippen LogP contribution in [0.25, 0.3) is 11.1 Å². The van der Waals surface area contributed by atoms with E-state index in [0.717, 1.165) is 85.9 Å². The van der Waals surface area contributed by atoms with Gasteiger partial charge in [-0.3, -0.25) is 14.5 Å². The van der Waals surface area contributed by atoms with Crippen LogP contribution in [0.1, 0.15) is 40.9 Å². The molecule has 0 aromatic heterocycles. The van der Waals surface area contributed by atoms with Crippen LogP contribution in [0.3, 0.4) is 0 Å². The first-order valence-corrected chi connectivity index (χ1v) is 15.0. The minimum atomic E-state index is -0.740. The van der Waals surface area contributed by atoms with E-state index >= 15 is 0 Å². The number of aryl methyl sites for hydroxylation is 1. The lowest BCUT2D eigenvalue weighted by molar-refractivity contribution is -0.137. The predicted molar refractivity (Wildman–Crippen MR) is 170 cm³/mol. The summed E-state index contributed by atoms with van der Waals surface area (Å²) in [5.74, 6) is -0.788. The molecule has 1 atom stereocenters. The molecule has 2 aliphatic rings. The summed E-state index contributed by atoms with van der Waals surface area (Å²) in [6.07, 6.45) is 0.194. The number of nitrogens with zero attached hydrogens (tertiary/aromatic N) is 4. The highest BCUT2D eigenvalue weighted by molar-refractivity contribution is 5.97. The summed E-state index contributed by atoms with van der Waals surface area (Å²) >= 11 is 0. The number of rotatable bonds is 9. The van der Waals surface area contributed by atoms with Gasteiger partial charge in [0.05, 0.1) is 12.5 Å². The van der Waals surface area contributed by atoms with Crippen LogP contribution in [0.5, 0.6) is 0 Å². The molecule has 0 aliphatic carbocycles. The Bertz CT molecular complexity index is 1380. The van der Waals surface area contributed by atoms with Gasteiger partial charge in [-0.1, -0.05) is 36.4 Å². The Morgan fingerprint density at radius 1 is 0.810 bits per heavy atom. The summed E-state index contributed by atoms with van der Waals surface area (Å²) in [5, 5.41) is 12.2. The Kier molecular flexibility index (Phi) is 9.45. The van der Waals surface area contributed by atoms with Gasteiger partial charge in [-0.25, -0.2) is 0 Å². The minimum absolute atomic E-state index is 0.0474. The number of hydrogen-bond acceptors (Lipinski definition) is 6. The summed E-state index contributed by atoms with van der Waals surface area (Å²) in [4.78, 5) is 33.5. The van der Waals surface area contributed by atoms with Crippen molar-refractivity contribution in [1.82, 2.24) is 15.1 Å². The number of aliphatic carboxylic acids is 1. The molecule has 0 bridgehead atoms. The van der Waals surface area contributed by atoms with Crippen LogP contribution >= 0.6 is 0 Å². The number of piperazine rings is 2. The fraction of sp³-hybridized carbons (Fsp3) is 0.412. The number of carbonyl (C=O) groups is 2. The number of carbonyl (C=O) groups excluding carboxylic acids is 1. The zero-order chi connectivity index (χ0) is 29.6. The third-order valence-electron chi connectivity index (χ3n) is 8.65. The average Bonchev–Trinajstić information content (AvgIpc) is 3.01. The van der Waals surface area contributed by atoms with E-state index in [4.69, 9.17) is 5.11 Å². The molecule has 2 N–H and O–H groups in total. The maximum absolute atomic E-state index is 13.4. The number of amides is 1. The highest BCUT2D eigenvalue weighted by Gasteiger charge is 2.20. The highest BCUT2D eigenvalue weighted by atomic mass is 16.4. The number of nitrogens with one attached hydrogen (secondary N) is 1. The van der Waals surface area contributed by atoms with Crippen LogP contribution in [-0.2, 0) is 4.79 Å². The summed E-state index contributed by atoms with van der Waals surface area (Å²) < 4.78 is 0. The Hall–Kier alpha value is -3.88. The van der Waals surface area contributed by atoms with Crippen molar-refractivity contribution in [2.24, 2.45) is 0 Å². The van der Waals surface area contributed by atoms with E-state index in [0.29, 0.717) is 6.54 Å². The fourth-order valence-corrected chi connectivity index (χ4v) is 5.81. The first kappa shape index (κ1) is 29.6. The van der Waals surface area contributed by atoms with Crippen molar-refractivity contribution in [1.29, 1.82) is 0 Å². The SMILES string of the molecule is Cc1ccc(N2CCN(C)CC2)cc1C(=O)N[C@H](C)c1cccc(-c2ccc(N3CCN(CCC(=O)O)CC3)cc2)c1. The predicted octanol–water partition coefficient (Wildman–Crippen LogP) is 4.50. The lowest BCUT2D eigenvalue weighted by atomic mass is 9.99. The number of benzene rings is 3. The molecule has 0 radical (unpaired) electrons. The zero-order valence-electron chi connectivity index (χ0n) is 25.1. The molecule has 2 saturated heterocycles. The standard InChI is InChI=1S/C34H43N5O3/c1-25-7-10-31(39-19-15-36(3)16-20-39)24-32(25)34(42)35-26(2)28-5-4-6-29(23-28)27-8-11-30(12-9-27)38-21-17-37(18-22-38)14-13-33(40)41/h4-12,23-24,26H,13-22H2,1-3H3,(H,35,42)(H,40,41)/t26-/m1/s1. The van der Waals surface area contributed by atoms with Crippen molar-refractivity contribution in [3.8, 4) is 11.1 Å². The fourth-order valence-electron chi connectivity index (χ4n) is 5.81. The zero-order valence-corrected chi connectivity index (χ0v) is 25.1. The van der Waals surface area contributed by atoms with Gasteiger partial charge in [0.25, 0.3) is 5.91 Å². The molecule has 3 aromatic rings. The molecule has 2 aliphatic heterocycles. The molecule has 8 nitrogen and oxygen atoms in total. The van der Waals surface area contributed by atoms with Crippen molar-refractivity contribution in [3.63, 3.8) is 0 Å². The summed E-state index contributed by atoms with van der Waals surface area (Å²) in [5.41, 5.74) is 7.32. The Morgan fingerprint density at radius 3 is 2.14 bits per heavy atom. The molecular weight excluding hydrogens is 526 g/mol. The van der Waals surface area contributed by atoms with E-state index in [1.807, 2.05) is 19.9 Å². The van der Waals surface area contributed by atoms with Crippen molar-refractivity contribution in [2.75, 3.05) is 75.8 Å². The van der Waals surface area contributed by atoms with Crippen molar-refractivity contribution in [2.45, 2.75) is 26.3 Å². The van der Waals surface area contributed by atoms with Crippen LogP contribution in [0.4, 0.5) is 11.4 Å². The van der Waals surface area contributed by atoms with Crippen molar-refractivity contribution < 1.29 is 14.7 Å². The van der Waals surface area contributed by atoms with Crippen LogP contribution < -0.4 is 15.1 Å². The van der Waals surface area contributed by atoms with Gasteiger partial charge >= 0.3 is 5.97 Å². The third kappa shape index (κ3) is 7.30. The van der Waals surface area contributed by atoms with Gasteiger partial charge in [-0.15, -0.1) is 0 Å². The molecule has 8 heteroatoms. The quantitative estimate of drug-likeness (QED) is 0.393. The third-order valence-corrected chi connectivity index (χ3v) is 8.65. The summed E-state index contributed by atoms with van der Waals surface area (Å²) in [7, 11) is 2.15. The highest BCUT2D eigenvalue weighted by Crippen LogP contribution is 2.27. The number of carboxylic acid groups (broad SMARTS) is 1. The monoisotopic (exact) mass is 569 g/mol. The average molecular weight is 570 g/mol. The minimum Gasteiger partial charge on any atom is -0.481 e. The maximum atomic E-state index is 13.4. The Labute approximate surface area is 249 Å². The second kappa shape index (κ2) is 13.4. The maximum Gasteiger partial charge on any atom is 0.304 e. The van der Waals surface area contributed by atoms with Gasteiger partial charge in [0, 0.05) is 75.8 Å². The topological polar surface area (TPSA) is 79.4 Å². The number of hydrogen-bond donors (Lipinski definition) is 2. The molecule has 5 rings (SSSR count). The molecule has 222 valence electrons. The number of carboxylic acids is 1. The molecule has 2 heterocycles. The molecule has 0 saturated carbocycles. The second-order valence-electron chi connectivity index (χ2n) is 11.6. The van der Waals surface area contributed by atoms with E-state index in [1.54, 1.807) is 0 Å². The Morgan fingerprint density at radius 2 is 1.45 bits per heavy atom. The van der Waals surface area contributed by atoms with Gasteiger partial charge in [-0.2, -0.15) is 0 Å². The molecule has 2 fully saturated rings. The van der Waals surface area contributed by atoms with E-state index in [9.17, 15) is 9.59 Å². The lowest BCUT2D eigenvalue weighted by Crippen LogP contribution is -2.46. The first-order chi connectivity index (χ1) is 20.3. The van der Waals surface area contributed by atoms with E-state index in [1.165, 1.54) is 5.69 Å². The van der Waals surface area contributed by atoms with Gasteiger partial charge in [-0.05, 0) is 73.5 Å². The first-order valence-electron chi connectivity index (χ1n) is 15.0. The Balaban J connectivity index is 1.21. The molecule has 3 aromatic carbocycles. The van der Waals surface area contributed by atoms with Gasteiger partial charge < -0.3 is 25.1 Å². The number of likely N-dealkylation sites (N-methyl/N-ethyl adjacent to an activating group) is 1. The van der Waals surface area contributed by atoms with Crippen LogP contribution in [0.2, 0.25) is 0 Å². The summed E-state index contributed by atoms with van der Waals surface area (Å²) in [6.45, 7) is 12.2. The van der Waals surface area contributed by atoms with E-state index in [-0.39, 0.29) is 18.4 Å². The normalized spacial score (nSPS) is 17.2. The van der Waals surface area contributed by atoms with Gasteiger partial charge in [0.1, 0.15) is 0 Å². The molecule has 1 amide bonds. The lowest BCUT2D eigenvalue weighted by Gasteiger charge is -2.36. The van der Waals surface area contributed by atoms with Gasteiger partial charge in [0.15, 0.2) is 0 Å². The molecular formula is C34H43N5O3. The smallest absolute Gasteiger partial charge is 0.304 e. The molecule has 0 spiro atoms. The summed E-state index contributed by atoms with van der Waals surface area (Å²) in [6, 6.07) is 23.1. The van der Waals surface area contributed by atoms with Crippen LogP contribution in [0.15, 0.2) is 66.7 Å². The van der Waals surface area contributed by atoms with Gasteiger partial charge in [0.2, 0.25) is 0 Å².